The van der Waals surface area contributed by atoms with Crippen molar-refractivity contribution in [2.24, 2.45) is 0 Å². The van der Waals surface area contributed by atoms with Crippen LogP contribution in [0.1, 0.15) is 24.4 Å². The van der Waals surface area contributed by atoms with Crippen LogP contribution in [0.4, 0.5) is 0 Å². The van der Waals surface area contributed by atoms with E-state index >= 15 is 0 Å². The molecule has 1 aromatic heterocycles. The smallest absolute Gasteiger partial charge is 0.307 e. The first kappa shape index (κ1) is 13.1. The number of H-pyrrole nitrogens is 1. The Morgan fingerprint density at radius 3 is 2.60 bits per heavy atom. The van der Waals surface area contributed by atoms with E-state index in [-0.39, 0.29) is 17.3 Å². The number of hydrogen-bond donors (Lipinski definition) is 1. The Balaban J connectivity index is 2.19. The molecule has 2 aromatic rings. The van der Waals surface area contributed by atoms with E-state index in [1.165, 1.54) is 4.57 Å². The predicted octanol–water partition coefficient (Wildman–Crippen LogP) is 1.26. The lowest BCUT2D eigenvalue weighted by Gasteiger charge is -2.29. The maximum atomic E-state index is 12.7. The fraction of sp³-hybridized carbons (Fsp3) is 0.467. The van der Waals surface area contributed by atoms with Crippen molar-refractivity contribution in [3.05, 3.63) is 44.6 Å². The fourth-order valence-corrected chi connectivity index (χ4v) is 3.03. The minimum absolute atomic E-state index is 0.00598. The van der Waals surface area contributed by atoms with Crippen LogP contribution in [0.25, 0.3) is 10.9 Å². The summed E-state index contributed by atoms with van der Waals surface area (Å²) in [5.41, 5.74) is 1.09. The summed E-state index contributed by atoms with van der Waals surface area (Å²) < 4.78 is 1.42. The molecule has 0 amide bonds. The molecule has 0 spiro atoms. The highest BCUT2D eigenvalue weighted by atomic mass is 16.2. The number of aromatic nitrogens is 2. The standard InChI is InChI=1S/C15H19N3O2/c1-10-4-3-5-12-13(10)14(19)18(15(20)16-12)11-6-8-17(2)9-7-11/h3-5,11H,6-9H2,1-2H3,(H,16,20). The monoisotopic (exact) mass is 273 g/mol. The molecule has 0 unspecified atom stereocenters. The summed E-state index contributed by atoms with van der Waals surface area (Å²) in [6, 6.07) is 5.55. The quantitative estimate of drug-likeness (QED) is 0.851. The van der Waals surface area contributed by atoms with Crippen LogP contribution in [0.15, 0.2) is 27.8 Å². The van der Waals surface area contributed by atoms with Crippen molar-refractivity contribution in [2.75, 3.05) is 20.1 Å². The molecule has 0 saturated carbocycles. The summed E-state index contributed by atoms with van der Waals surface area (Å²) in [4.78, 5) is 30.0. The molecule has 1 saturated heterocycles. The number of aromatic amines is 1. The van der Waals surface area contributed by atoms with Crippen LogP contribution in [0.3, 0.4) is 0 Å². The SMILES string of the molecule is Cc1cccc2[nH]c(=O)n(C3CCN(C)CC3)c(=O)c12. The Hall–Kier alpha value is -1.88. The highest BCUT2D eigenvalue weighted by Crippen LogP contribution is 2.19. The molecule has 0 bridgehead atoms. The second-order valence-electron chi connectivity index (χ2n) is 5.64. The Labute approximate surface area is 116 Å². The zero-order valence-corrected chi connectivity index (χ0v) is 11.8. The first-order chi connectivity index (χ1) is 9.58. The molecule has 1 N–H and O–H groups in total. The van der Waals surface area contributed by atoms with E-state index in [0.717, 1.165) is 31.5 Å². The average Bonchev–Trinajstić information content (AvgIpc) is 2.40. The van der Waals surface area contributed by atoms with E-state index in [4.69, 9.17) is 0 Å². The summed E-state index contributed by atoms with van der Waals surface area (Å²) in [5, 5.41) is 0.631. The number of fused-ring (bicyclic) bond motifs is 1. The largest absolute Gasteiger partial charge is 0.329 e. The van der Waals surface area contributed by atoms with Gasteiger partial charge >= 0.3 is 5.69 Å². The van der Waals surface area contributed by atoms with Gasteiger partial charge in [-0.15, -0.1) is 0 Å². The zero-order chi connectivity index (χ0) is 14.3. The Kier molecular flexibility index (Phi) is 3.22. The third-order valence-electron chi connectivity index (χ3n) is 4.22. The van der Waals surface area contributed by atoms with Crippen LogP contribution in [-0.2, 0) is 0 Å². The van der Waals surface area contributed by atoms with Crippen molar-refractivity contribution in [1.82, 2.24) is 14.5 Å². The second kappa shape index (κ2) is 4.90. The lowest BCUT2D eigenvalue weighted by Crippen LogP contribution is -2.42. The molecule has 106 valence electrons. The van der Waals surface area contributed by atoms with E-state index in [0.29, 0.717) is 10.9 Å². The number of piperidine rings is 1. The number of rotatable bonds is 1. The van der Waals surface area contributed by atoms with Crippen molar-refractivity contribution in [3.63, 3.8) is 0 Å². The minimum Gasteiger partial charge on any atom is -0.307 e. The fourth-order valence-electron chi connectivity index (χ4n) is 3.03. The van der Waals surface area contributed by atoms with Crippen molar-refractivity contribution in [3.8, 4) is 0 Å². The molecule has 1 fully saturated rings. The molecule has 0 radical (unpaired) electrons. The minimum atomic E-state index is -0.289. The predicted molar refractivity (Wildman–Crippen MR) is 79.3 cm³/mol. The second-order valence-corrected chi connectivity index (χ2v) is 5.64. The van der Waals surface area contributed by atoms with E-state index < -0.39 is 0 Å². The molecule has 5 heteroatoms. The van der Waals surface area contributed by atoms with Crippen molar-refractivity contribution in [1.29, 1.82) is 0 Å². The van der Waals surface area contributed by atoms with Crippen LogP contribution >= 0.6 is 0 Å². The van der Waals surface area contributed by atoms with Gasteiger partial charge in [0, 0.05) is 6.04 Å². The number of nitrogens with one attached hydrogen (secondary N) is 1. The number of hydrogen-bond acceptors (Lipinski definition) is 3. The van der Waals surface area contributed by atoms with Gasteiger partial charge in [0.1, 0.15) is 0 Å². The first-order valence-electron chi connectivity index (χ1n) is 7.00. The van der Waals surface area contributed by atoms with Crippen molar-refractivity contribution >= 4 is 10.9 Å². The van der Waals surface area contributed by atoms with E-state index in [1.807, 2.05) is 19.1 Å². The van der Waals surface area contributed by atoms with E-state index in [9.17, 15) is 9.59 Å². The van der Waals surface area contributed by atoms with Crippen LogP contribution in [-0.4, -0.2) is 34.6 Å². The molecule has 0 atom stereocenters. The molecule has 0 aliphatic carbocycles. The summed E-state index contributed by atoms with van der Waals surface area (Å²) in [6.07, 6.45) is 1.69. The Morgan fingerprint density at radius 1 is 1.20 bits per heavy atom. The summed E-state index contributed by atoms with van der Waals surface area (Å²) in [7, 11) is 2.06. The van der Waals surface area contributed by atoms with Gasteiger partial charge in [-0.05, 0) is 51.5 Å². The molecule has 1 aromatic carbocycles. The van der Waals surface area contributed by atoms with E-state index in [2.05, 4.69) is 16.9 Å². The van der Waals surface area contributed by atoms with Gasteiger partial charge in [-0.25, -0.2) is 4.79 Å². The normalized spacial score (nSPS) is 17.7. The Bertz CT molecular complexity index is 752. The van der Waals surface area contributed by atoms with Crippen molar-refractivity contribution in [2.45, 2.75) is 25.8 Å². The molecule has 2 heterocycles. The summed E-state index contributed by atoms with van der Waals surface area (Å²) in [5.74, 6) is 0. The molecule has 5 nitrogen and oxygen atoms in total. The van der Waals surface area contributed by atoms with Crippen LogP contribution in [0.5, 0.6) is 0 Å². The summed E-state index contributed by atoms with van der Waals surface area (Å²) >= 11 is 0. The highest BCUT2D eigenvalue weighted by Gasteiger charge is 2.22. The molecule has 20 heavy (non-hydrogen) atoms. The lowest BCUT2D eigenvalue weighted by molar-refractivity contribution is 0.216. The molecule has 1 aliphatic heterocycles. The number of aryl methyl sites for hydroxylation is 1. The van der Waals surface area contributed by atoms with Gasteiger partial charge in [0.15, 0.2) is 0 Å². The third-order valence-corrected chi connectivity index (χ3v) is 4.22. The van der Waals surface area contributed by atoms with E-state index in [1.54, 1.807) is 6.07 Å². The lowest BCUT2D eigenvalue weighted by atomic mass is 10.0. The van der Waals surface area contributed by atoms with Gasteiger partial charge in [-0.2, -0.15) is 0 Å². The third kappa shape index (κ3) is 2.08. The first-order valence-corrected chi connectivity index (χ1v) is 7.00. The van der Waals surface area contributed by atoms with Crippen molar-refractivity contribution < 1.29 is 0 Å². The number of benzene rings is 1. The van der Waals surface area contributed by atoms with Crippen LogP contribution in [0.2, 0.25) is 0 Å². The van der Waals surface area contributed by atoms with Gasteiger partial charge in [0.25, 0.3) is 5.56 Å². The summed E-state index contributed by atoms with van der Waals surface area (Å²) in [6.45, 7) is 3.74. The zero-order valence-electron chi connectivity index (χ0n) is 11.8. The number of nitrogens with zero attached hydrogens (tertiary/aromatic N) is 2. The highest BCUT2D eigenvalue weighted by molar-refractivity contribution is 5.80. The van der Waals surface area contributed by atoms with Gasteiger partial charge in [0.05, 0.1) is 10.9 Å². The molecular weight excluding hydrogens is 254 g/mol. The average molecular weight is 273 g/mol. The van der Waals surface area contributed by atoms with Gasteiger partial charge in [0.2, 0.25) is 0 Å². The van der Waals surface area contributed by atoms with Gasteiger partial charge in [-0.3, -0.25) is 9.36 Å². The molecular formula is C15H19N3O2. The molecule has 1 aliphatic rings. The Morgan fingerprint density at radius 2 is 1.90 bits per heavy atom. The van der Waals surface area contributed by atoms with Gasteiger partial charge < -0.3 is 9.88 Å². The maximum Gasteiger partial charge on any atom is 0.329 e. The van der Waals surface area contributed by atoms with Crippen LogP contribution < -0.4 is 11.2 Å². The number of likely N-dealkylation sites (tertiary alicyclic amines) is 1. The maximum absolute atomic E-state index is 12.7. The molecule has 3 rings (SSSR count). The topological polar surface area (TPSA) is 58.1 Å². The van der Waals surface area contributed by atoms with Crippen LogP contribution in [0, 0.1) is 6.92 Å². The van der Waals surface area contributed by atoms with Gasteiger partial charge in [-0.1, -0.05) is 12.1 Å².